The van der Waals surface area contributed by atoms with E-state index in [1.807, 2.05) is 17.8 Å². The number of aromatic nitrogens is 1. The van der Waals surface area contributed by atoms with Gasteiger partial charge in [-0.05, 0) is 42.9 Å². The van der Waals surface area contributed by atoms with Crippen LogP contribution < -0.4 is 0 Å². The number of benzene rings is 1. The Labute approximate surface area is 140 Å². The van der Waals surface area contributed by atoms with E-state index < -0.39 is 0 Å². The number of hydrogen-bond acceptors (Lipinski definition) is 4. The Kier molecular flexibility index (Phi) is 5.42. The number of nitriles is 1. The molecular formula is C18H18N2S2. The van der Waals surface area contributed by atoms with Crippen LogP contribution in [0.1, 0.15) is 35.2 Å². The minimum atomic E-state index is 0.742. The van der Waals surface area contributed by atoms with Crippen molar-refractivity contribution in [1.82, 2.24) is 4.98 Å². The highest BCUT2D eigenvalue weighted by molar-refractivity contribution is 8.15. The predicted molar refractivity (Wildman–Crippen MR) is 94.1 cm³/mol. The Morgan fingerprint density at radius 3 is 2.77 bits per heavy atom. The molecule has 0 spiro atoms. The van der Waals surface area contributed by atoms with Crippen LogP contribution in [0, 0.1) is 11.3 Å². The molecule has 0 bridgehead atoms. The molecule has 1 aliphatic carbocycles. The summed E-state index contributed by atoms with van der Waals surface area (Å²) in [4.78, 5) is 4.76. The maximum absolute atomic E-state index is 9.34. The lowest BCUT2D eigenvalue weighted by Gasteiger charge is -2.16. The van der Waals surface area contributed by atoms with Gasteiger partial charge in [0.1, 0.15) is 11.1 Å². The topological polar surface area (TPSA) is 36.7 Å². The zero-order valence-corrected chi connectivity index (χ0v) is 14.1. The minimum absolute atomic E-state index is 0.742. The lowest BCUT2D eigenvalue weighted by Crippen LogP contribution is -2.07. The second-order valence-corrected chi connectivity index (χ2v) is 7.68. The van der Waals surface area contributed by atoms with Gasteiger partial charge >= 0.3 is 0 Å². The Bertz CT molecular complexity index is 677. The zero-order chi connectivity index (χ0) is 15.2. The monoisotopic (exact) mass is 326 g/mol. The van der Waals surface area contributed by atoms with Gasteiger partial charge in [0.05, 0.1) is 5.56 Å². The molecule has 0 unspecified atom stereocenters. The number of rotatable bonds is 5. The van der Waals surface area contributed by atoms with E-state index in [0.29, 0.717) is 0 Å². The summed E-state index contributed by atoms with van der Waals surface area (Å²) in [7, 11) is 0. The van der Waals surface area contributed by atoms with Crippen molar-refractivity contribution in [2.45, 2.75) is 36.5 Å². The first-order valence-electron chi connectivity index (χ1n) is 7.54. The molecule has 2 aromatic rings. The van der Waals surface area contributed by atoms with Gasteiger partial charge in [0.2, 0.25) is 0 Å². The molecule has 1 aromatic carbocycles. The van der Waals surface area contributed by atoms with Gasteiger partial charge < -0.3 is 0 Å². The minimum Gasteiger partial charge on any atom is -0.245 e. The molecule has 0 N–H and O–H groups in total. The van der Waals surface area contributed by atoms with Crippen molar-refractivity contribution in [2.75, 3.05) is 5.08 Å². The number of aryl methyl sites for hydroxylation is 2. The second kappa shape index (κ2) is 7.71. The number of thioether (sulfide) groups is 2. The summed E-state index contributed by atoms with van der Waals surface area (Å²) in [5.41, 5.74) is 4.57. The lowest BCUT2D eigenvalue weighted by atomic mass is 9.95. The van der Waals surface area contributed by atoms with E-state index in [0.717, 1.165) is 34.3 Å². The van der Waals surface area contributed by atoms with Gasteiger partial charge in [0, 0.05) is 16.5 Å². The van der Waals surface area contributed by atoms with Crippen LogP contribution in [-0.4, -0.2) is 10.1 Å². The summed E-state index contributed by atoms with van der Waals surface area (Å²) in [5.74, 6) is 1.00. The molecule has 0 aliphatic heterocycles. The van der Waals surface area contributed by atoms with Crippen molar-refractivity contribution in [3.8, 4) is 6.07 Å². The highest BCUT2D eigenvalue weighted by Crippen LogP contribution is 2.29. The van der Waals surface area contributed by atoms with Crippen LogP contribution in [0.5, 0.6) is 0 Å². The van der Waals surface area contributed by atoms with E-state index in [9.17, 15) is 5.26 Å². The predicted octanol–water partition coefficient (Wildman–Crippen LogP) is 4.82. The molecule has 2 nitrogen and oxygen atoms in total. The molecule has 4 heteroatoms. The van der Waals surface area contributed by atoms with Crippen LogP contribution in [0.25, 0.3) is 0 Å². The van der Waals surface area contributed by atoms with E-state index in [2.05, 4.69) is 36.4 Å². The van der Waals surface area contributed by atoms with Gasteiger partial charge in [-0.25, -0.2) is 4.98 Å². The summed E-state index contributed by atoms with van der Waals surface area (Å²) >= 11 is 3.56. The Morgan fingerprint density at radius 1 is 1.14 bits per heavy atom. The molecular weight excluding hydrogens is 308 g/mol. The summed E-state index contributed by atoms with van der Waals surface area (Å²) < 4.78 is 0. The number of nitrogens with zero attached hydrogens (tertiary/aromatic N) is 2. The third-order valence-corrected chi connectivity index (χ3v) is 6.04. The highest BCUT2D eigenvalue weighted by Gasteiger charge is 2.15. The molecule has 0 fully saturated rings. The summed E-state index contributed by atoms with van der Waals surface area (Å²) in [5, 5.41) is 11.2. The number of pyridine rings is 1. The smallest absolute Gasteiger partial charge is 0.115 e. The first kappa shape index (κ1) is 15.5. The molecule has 112 valence electrons. The second-order valence-electron chi connectivity index (χ2n) is 5.36. The van der Waals surface area contributed by atoms with Crippen molar-refractivity contribution in [3.05, 3.63) is 58.8 Å². The van der Waals surface area contributed by atoms with Gasteiger partial charge in [0.25, 0.3) is 0 Å². The zero-order valence-electron chi connectivity index (χ0n) is 12.4. The molecule has 3 rings (SSSR count). The van der Waals surface area contributed by atoms with Crippen molar-refractivity contribution in [2.24, 2.45) is 0 Å². The van der Waals surface area contributed by atoms with E-state index in [-0.39, 0.29) is 0 Å². The fourth-order valence-electron chi connectivity index (χ4n) is 2.64. The third kappa shape index (κ3) is 3.85. The molecule has 1 aromatic heterocycles. The van der Waals surface area contributed by atoms with Crippen molar-refractivity contribution in [1.29, 1.82) is 5.26 Å². The van der Waals surface area contributed by atoms with Crippen LogP contribution >= 0.6 is 23.5 Å². The van der Waals surface area contributed by atoms with Crippen LogP contribution in [0.3, 0.4) is 0 Å². The first-order valence-corrected chi connectivity index (χ1v) is 9.68. The van der Waals surface area contributed by atoms with Crippen molar-refractivity contribution in [3.63, 3.8) is 0 Å². The highest BCUT2D eigenvalue weighted by atomic mass is 32.2. The number of fused-ring (bicyclic) bond motifs is 1. The van der Waals surface area contributed by atoms with Gasteiger partial charge in [-0.15, -0.1) is 11.8 Å². The van der Waals surface area contributed by atoms with Crippen LogP contribution in [-0.2, 0) is 18.6 Å². The fourth-order valence-corrected chi connectivity index (χ4v) is 4.61. The SMILES string of the molecule is N#Cc1cc2c(nc1SCSCc1ccccc1)CCCC2. The van der Waals surface area contributed by atoms with Gasteiger partial charge in [-0.3, -0.25) is 0 Å². The van der Waals surface area contributed by atoms with Gasteiger partial charge in [-0.1, -0.05) is 42.1 Å². The van der Waals surface area contributed by atoms with Gasteiger partial charge in [-0.2, -0.15) is 5.26 Å². The average Bonchev–Trinajstić information content (AvgIpc) is 2.59. The van der Waals surface area contributed by atoms with Crippen molar-refractivity contribution < 1.29 is 0 Å². The first-order chi connectivity index (χ1) is 10.9. The lowest BCUT2D eigenvalue weighted by molar-refractivity contribution is 0.660. The maximum atomic E-state index is 9.34. The molecule has 0 atom stereocenters. The molecule has 0 radical (unpaired) electrons. The molecule has 0 saturated heterocycles. The maximum Gasteiger partial charge on any atom is 0.115 e. The Hall–Kier alpha value is -1.44. The van der Waals surface area contributed by atoms with Crippen LogP contribution in [0.15, 0.2) is 41.4 Å². The summed E-state index contributed by atoms with van der Waals surface area (Å²) in [6.07, 6.45) is 4.58. The molecule has 1 aliphatic rings. The molecule has 22 heavy (non-hydrogen) atoms. The normalized spacial score (nSPS) is 13.4. The summed E-state index contributed by atoms with van der Waals surface area (Å²) in [6, 6.07) is 14.9. The largest absolute Gasteiger partial charge is 0.245 e. The van der Waals surface area contributed by atoms with E-state index in [1.54, 1.807) is 11.8 Å². The molecule has 0 saturated carbocycles. The number of hydrogen-bond donors (Lipinski definition) is 0. The van der Waals surface area contributed by atoms with E-state index in [1.165, 1.54) is 29.7 Å². The fraction of sp³-hybridized carbons (Fsp3) is 0.333. The molecule has 1 heterocycles. The molecule has 0 amide bonds. The van der Waals surface area contributed by atoms with E-state index >= 15 is 0 Å². The Balaban J connectivity index is 1.61. The van der Waals surface area contributed by atoms with Crippen LogP contribution in [0.4, 0.5) is 0 Å². The standard InChI is InChI=1S/C18H18N2S2/c19-11-16-10-15-8-4-5-9-17(15)20-18(16)22-13-21-12-14-6-2-1-3-7-14/h1-3,6-7,10H,4-5,8-9,12-13H2. The van der Waals surface area contributed by atoms with E-state index in [4.69, 9.17) is 4.98 Å². The summed E-state index contributed by atoms with van der Waals surface area (Å²) in [6.45, 7) is 0. The van der Waals surface area contributed by atoms with Crippen molar-refractivity contribution >= 4 is 23.5 Å². The van der Waals surface area contributed by atoms with Gasteiger partial charge in [0.15, 0.2) is 0 Å². The average molecular weight is 326 g/mol. The Morgan fingerprint density at radius 2 is 1.95 bits per heavy atom. The van der Waals surface area contributed by atoms with Crippen LogP contribution in [0.2, 0.25) is 0 Å². The third-order valence-electron chi connectivity index (χ3n) is 3.78. The quantitative estimate of drug-likeness (QED) is 0.448.